The van der Waals surface area contributed by atoms with Gasteiger partial charge in [0.2, 0.25) is 0 Å². The quantitative estimate of drug-likeness (QED) is 0.925. The van der Waals surface area contributed by atoms with Crippen LogP contribution in [0, 0.1) is 0 Å². The number of pyridine rings is 2. The number of aromatic nitrogens is 2. The lowest BCUT2D eigenvalue weighted by Crippen LogP contribution is -2.12. The fourth-order valence-corrected chi connectivity index (χ4v) is 2.86. The van der Waals surface area contributed by atoms with Gasteiger partial charge in [-0.1, -0.05) is 12.1 Å². The molecule has 2 aromatic heterocycles. The fourth-order valence-electron chi connectivity index (χ4n) is 2.86. The summed E-state index contributed by atoms with van der Waals surface area (Å²) >= 11 is 0. The summed E-state index contributed by atoms with van der Waals surface area (Å²) in [6.07, 6.45) is 12.3. The minimum Gasteiger partial charge on any atom is -0.310 e. The Labute approximate surface area is 131 Å². The first kappa shape index (κ1) is 14.9. The van der Waals surface area contributed by atoms with Crippen LogP contribution in [0.3, 0.4) is 0 Å². The molecule has 1 unspecified atom stereocenters. The molecule has 0 radical (unpaired) electrons. The summed E-state index contributed by atoms with van der Waals surface area (Å²) in [5.74, 6) is 0. The lowest BCUT2D eigenvalue weighted by Gasteiger charge is -2.08. The van der Waals surface area contributed by atoms with E-state index in [4.69, 9.17) is 0 Å². The number of rotatable bonds is 2. The van der Waals surface area contributed by atoms with Crippen LogP contribution in [0.5, 0.6) is 0 Å². The maximum absolute atomic E-state index is 4.38. The first-order valence-electron chi connectivity index (χ1n) is 8.00. The largest absolute Gasteiger partial charge is 0.310 e. The van der Waals surface area contributed by atoms with Gasteiger partial charge in [0.15, 0.2) is 0 Å². The molecule has 1 saturated heterocycles. The van der Waals surface area contributed by atoms with Crippen LogP contribution >= 0.6 is 0 Å². The third-order valence-corrected chi connectivity index (χ3v) is 4.02. The molecule has 4 heterocycles. The van der Waals surface area contributed by atoms with E-state index in [-0.39, 0.29) is 0 Å². The molecule has 0 aliphatic carbocycles. The van der Waals surface area contributed by atoms with Crippen molar-refractivity contribution in [1.29, 1.82) is 0 Å². The zero-order valence-corrected chi connectivity index (χ0v) is 12.8. The number of nitrogens with one attached hydrogen (secondary N) is 1. The number of aliphatic imine (C=N–C) groups is 1. The predicted molar refractivity (Wildman–Crippen MR) is 89.1 cm³/mol. The van der Waals surface area contributed by atoms with E-state index < -0.39 is 0 Å². The van der Waals surface area contributed by atoms with Gasteiger partial charge in [0, 0.05) is 48.6 Å². The summed E-state index contributed by atoms with van der Waals surface area (Å²) in [4.78, 5) is 12.5. The van der Waals surface area contributed by atoms with Gasteiger partial charge in [0.05, 0.1) is 0 Å². The van der Waals surface area contributed by atoms with E-state index in [9.17, 15) is 0 Å². The van der Waals surface area contributed by atoms with E-state index in [0.717, 1.165) is 19.5 Å². The molecule has 1 fully saturated rings. The molecule has 0 bridgehead atoms. The first-order chi connectivity index (χ1) is 10.9. The van der Waals surface area contributed by atoms with Crippen molar-refractivity contribution in [2.45, 2.75) is 31.7 Å². The van der Waals surface area contributed by atoms with Crippen LogP contribution in [-0.4, -0.2) is 28.8 Å². The Hall–Kier alpha value is -2.07. The summed E-state index contributed by atoms with van der Waals surface area (Å²) < 4.78 is 0. The third-order valence-electron chi connectivity index (χ3n) is 4.02. The van der Waals surface area contributed by atoms with E-state index in [2.05, 4.69) is 32.4 Å². The predicted octanol–water partition coefficient (Wildman–Crippen LogP) is 3.17. The van der Waals surface area contributed by atoms with Gasteiger partial charge in [-0.15, -0.1) is 0 Å². The minimum atomic E-state index is 0.559. The van der Waals surface area contributed by atoms with Crippen molar-refractivity contribution in [2.75, 3.05) is 13.1 Å². The van der Waals surface area contributed by atoms with Crippen molar-refractivity contribution in [3.63, 3.8) is 0 Å². The fraction of sp³-hybridized carbons (Fsp3) is 0.389. The summed E-state index contributed by atoms with van der Waals surface area (Å²) in [6.45, 7) is 2.14. The Morgan fingerprint density at radius 1 is 1.00 bits per heavy atom. The van der Waals surface area contributed by atoms with Crippen LogP contribution in [0.25, 0.3) is 0 Å². The number of hydrogen-bond donors (Lipinski definition) is 1. The van der Waals surface area contributed by atoms with Crippen LogP contribution in [0.2, 0.25) is 0 Å². The maximum atomic E-state index is 4.38. The van der Waals surface area contributed by atoms with Crippen LogP contribution in [-0.2, 0) is 0 Å². The minimum absolute atomic E-state index is 0.559. The van der Waals surface area contributed by atoms with E-state index in [1.807, 2.05) is 30.7 Å². The van der Waals surface area contributed by atoms with Crippen molar-refractivity contribution in [3.05, 3.63) is 60.2 Å². The van der Waals surface area contributed by atoms with Gasteiger partial charge in [-0.05, 0) is 49.9 Å². The Morgan fingerprint density at radius 3 is 2.45 bits per heavy atom. The van der Waals surface area contributed by atoms with Gasteiger partial charge >= 0.3 is 0 Å². The second kappa shape index (κ2) is 7.80. The smallest absolute Gasteiger partial charge is 0.0436 e. The van der Waals surface area contributed by atoms with E-state index in [1.54, 1.807) is 6.20 Å². The summed E-state index contributed by atoms with van der Waals surface area (Å²) in [5, 5.41) is 3.43. The molecule has 22 heavy (non-hydrogen) atoms. The highest BCUT2D eigenvalue weighted by Crippen LogP contribution is 2.21. The molecule has 2 aliphatic rings. The third kappa shape index (κ3) is 3.98. The molecular weight excluding hydrogens is 272 g/mol. The SMILES string of the molecule is c1cncc(C2=NCCC2)c1.c1cncc(C2CCCN2)c1. The van der Waals surface area contributed by atoms with Crippen LogP contribution in [0.1, 0.15) is 42.9 Å². The van der Waals surface area contributed by atoms with Crippen LogP contribution < -0.4 is 5.32 Å². The van der Waals surface area contributed by atoms with Crippen molar-refractivity contribution in [3.8, 4) is 0 Å². The zero-order valence-electron chi connectivity index (χ0n) is 12.8. The van der Waals surface area contributed by atoms with Crippen molar-refractivity contribution >= 4 is 5.71 Å². The standard InChI is InChI=1S/C9H12N2.C9H10N2/c2*1-3-8(7-10-5-1)9-4-2-6-11-9/h1,3,5,7,9,11H,2,4,6H2;1,3,5,7H,2,4,6H2. The molecule has 0 amide bonds. The monoisotopic (exact) mass is 294 g/mol. The van der Waals surface area contributed by atoms with E-state index in [0.29, 0.717) is 6.04 Å². The molecule has 0 spiro atoms. The van der Waals surface area contributed by atoms with E-state index >= 15 is 0 Å². The summed E-state index contributed by atoms with van der Waals surface area (Å²) in [6, 6.07) is 8.71. The molecule has 1 N–H and O–H groups in total. The second-order valence-electron chi connectivity index (χ2n) is 5.61. The maximum Gasteiger partial charge on any atom is 0.0436 e. The molecule has 0 aromatic carbocycles. The molecule has 2 aliphatic heterocycles. The highest BCUT2D eigenvalue weighted by atomic mass is 14.9. The molecule has 4 nitrogen and oxygen atoms in total. The van der Waals surface area contributed by atoms with Crippen molar-refractivity contribution < 1.29 is 0 Å². The molecule has 2 aromatic rings. The van der Waals surface area contributed by atoms with Crippen molar-refractivity contribution in [2.24, 2.45) is 4.99 Å². The normalized spacial score (nSPS) is 20.2. The Morgan fingerprint density at radius 2 is 1.86 bits per heavy atom. The van der Waals surface area contributed by atoms with Gasteiger partial charge in [-0.3, -0.25) is 15.0 Å². The van der Waals surface area contributed by atoms with Crippen LogP contribution in [0.15, 0.2) is 54.0 Å². The highest BCUT2D eigenvalue weighted by Gasteiger charge is 2.15. The Bertz CT molecular complexity index is 589. The first-order valence-corrected chi connectivity index (χ1v) is 8.00. The van der Waals surface area contributed by atoms with Crippen molar-refractivity contribution in [1.82, 2.24) is 15.3 Å². The number of hydrogen-bond acceptors (Lipinski definition) is 4. The Kier molecular flexibility index (Phi) is 5.27. The van der Waals surface area contributed by atoms with Crippen LogP contribution in [0.4, 0.5) is 0 Å². The molecular formula is C18H22N4. The summed E-state index contributed by atoms with van der Waals surface area (Å²) in [5.41, 5.74) is 3.73. The lowest BCUT2D eigenvalue weighted by atomic mass is 10.1. The molecule has 114 valence electrons. The van der Waals surface area contributed by atoms with E-state index in [1.165, 1.54) is 36.1 Å². The van der Waals surface area contributed by atoms with Gasteiger partial charge < -0.3 is 5.32 Å². The summed E-state index contributed by atoms with van der Waals surface area (Å²) in [7, 11) is 0. The van der Waals surface area contributed by atoms with Gasteiger partial charge in [-0.25, -0.2) is 0 Å². The number of nitrogens with zero attached hydrogens (tertiary/aromatic N) is 3. The highest BCUT2D eigenvalue weighted by molar-refractivity contribution is 6.01. The molecule has 4 rings (SSSR count). The lowest BCUT2D eigenvalue weighted by molar-refractivity contribution is 0.645. The average Bonchev–Trinajstić information content (AvgIpc) is 3.31. The topological polar surface area (TPSA) is 50.2 Å². The molecule has 0 saturated carbocycles. The molecule has 1 atom stereocenters. The van der Waals surface area contributed by atoms with Gasteiger partial charge in [-0.2, -0.15) is 0 Å². The van der Waals surface area contributed by atoms with Gasteiger partial charge in [0.25, 0.3) is 0 Å². The average molecular weight is 294 g/mol. The molecule has 4 heteroatoms. The van der Waals surface area contributed by atoms with Gasteiger partial charge in [0.1, 0.15) is 0 Å². The zero-order chi connectivity index (χ0) is 15.0. The second-order valence-corrected chi connectivity index (χ2v) is 5.61. The Balaban J connectivity index is 0.000000131.